The number of ether oxygens (including phenoxy) is 2. The van der Waals surface area contributed by atoms with Crippen LogP contribution in [0.25, 0.3) is 0 Å². The van der Waals surface area contributed by atoms with Crippen molar-refractivity contribution >= 4 is 21.9 Å². The van der Waals surface area contributed by atoms with Gasteiger partial charge in [0.2, 0.25) is 0 Å². The van der Waals surface area contributed by atoms with Crippen LogP contribution < -0.4 is 0 Å². The van der Waals surface area contributed by atoms with Crippen molar-refractivity contribution in [1.29, 1.82) is 0 Å². The zero-order valence-corrected chi connectivity index (χ0v) is 16.7. The lowest BCUT2D eigenvalue weighted by Gasteiger charge is -2.49. The maximum absolute atomic E-state index is 12.4. The fourth-order valence-corrected chi connectivity index (χ4v) is 6.24. The standard InChI is InChI=1S/C21H27BrO4/c1-25-21-16-10-13-4-2-3-5-15(13)19(17(16)11-26-21)18(20(23)24)12-6-8-14(22)9-7-12/h6-9,13,15-19,21H,2-5,10-11H2,1H3,(H,23,24). The Kier molecular flexibility index (Phi) is 5.40. The Balaban J connectivity index is 1.73. The van der Waals surface area contributed by atoms with Gasteiger partial charge in [0, 0.05) is 17.5 Å². The summed E-state index contributed by atoms with van der Waals surface area (Å²) in [5, 5.41) is 10.2. The molecule has 4 rings (SSSR count). The van der Waals surface area contributed by atoms with Crippen LogP contribution in [0.5, 0.6) is 0 Å². The van der Waals surface area contributed by atoms with Gasteiger partial charge < -0.3 is 14.6 Å². The highest BCUT2D eigenvalue weighted by Gasteiger charge is 2.55. The van der Waals surface area contributed by atoms with Gasteiger partial charge in [0.1, 0.15) is 0 Å². The Hall–Kier alpha value is -0.910. The van der Waals surface area contributed by atoms with Crippen LogP contribution in [0.2, 0.25) is 0 Å². The Morgan fingerprint density at radius 1 is 1.19 bits per heavy atom. The first-order valence-electron chi connectivity index (χ1n) is 9.73. The van der Waals surface area contributed by atoms with E-state index in [1.54, 1.807) is 7.11 Å². The van der Waals surface area contributed by atoms with Crippen LogP contribution in [0, 0.1) is 29.6 Å². The number of fused-ring (bicyclic) bond motifs is 2. The molecule has 26 heavy (non-hydrogen) atoms. The summed E-state index contributed by atoms with van der Waals surface area (Å²) < 4.78 is 12.5. The van der Waals surface area contributed by atoms with Crippen LogP contribution in [0.15, 0.2) is 28.7 Å². The summed E-state index contributed by atoms with van der Waals surface area (Å²) in [6.45, 7) is 0.622. The summed E-state index contributed by atoms with van der Waals surface area (Å²) in [6, 6.07) is 7.84. The molecule has 1 N–H and O–H groups in total. The van der Waals surface area contributed by atoms with E-state index in [9.17, 15) is 9.90 Å². The molecule has 1 aromatic rings. The number of carbonyl (C=O) groups is 1. The van der Waals surface area contributed by atoms with E-state index in [4.69, 9.17) is 9.47 Å². The minimum absolute atomic E-state index is 0.123. The molecule has 1 heterocycles. The smallest absolute Gasteiger partial charge is 0.311 e. The van der Waals surface area contributed by atoms with Crippen molar-refractivity contribution in [2.45, 2.75) is 44.3 Å². The summed E-state index contributed by atoms with van der Waals surface area (Å²) in [5.74, 6) is 0.619. The molecule has 142 valence electrons. The molecule has 0 radical (unpaired) electrons. The monoisotopic (exact) mass is 422 g/mol. The summed E-state index contributed by atoms with van der Waals surface area (Å²) >= 11 is 3.46. The van der Waals surface area contributed by atoms with E-state index < -0.39 is 11.9 Å². The number of benzene rings is 1. The first-order chi connectivity index (χ1) is 12.6. The predicted molar refractivity (Wildman–Crippen MR) is 102 cm³/mol. The zero-order valence-electron chi connectivity index (χ0n) is 15.1. The highest BCUT2D eigenvalue weighted by atomic mass is 79.9. The van der Waals surface area contributed by atoms with Crippen molar-refractivity contribution in [2.75, 3.05) is 13.7 Å². The van der Waals surface area contributed by atoms with E-state index in [0.29, 0.717) is 24.4 Å². The second-order valence-corrected chi connectivity index (χ2v) is 9.07. The normalized spacial score (nSPS) is 37.6. The van der Waals surface area contributed by atoms with E-state index >= 15 is 0 Å². The SMILES string of the molecule is COC1OCC2C1CC1CCCCC1C2C(C(=O)O)c1ccc(Br)cc1. The van der Waals surface area contributed by atoms with Gasteiger partial charge in [-0.2, -0.15) is 0 Å². The number of halogens is 1. The Bertz CT molecular complexity index is 646. The average Bonchev–Trinajstić information content (AvgIpc) is 3.05. The third-order valence-corrected chi connectivity index (χ3v) is 7.53. The van der Waals surface area contributed by atoms with Crippen LogP contribution in [0.1, 0.15) is 43.6 Å². The van der Waals surface area contributed by atoms with Crippen molar-refractivity contribution in [3.63, 3.8) is 0 Å². The van der Waals surface area contributed by atoms with Gasteiger partial charge in [-0.15, -0.1) is 0 Å². The third kappa shape index (κ3) is 3.23. The number of hydrogen-bond donors (Lipinski definition) is 1. The number of rotatable bonds is 4. The molecular formula is C21H27BrO4. The molecule has 3 fully saturated rings. The van der Waals surface area contributed by atoms with Crippen LogP contribution >= 0.6 is 15.9 Å². The molecule has 2 aliphatic carbocycles. The van der Waals surface area contributed by atoms with E-state index in [2.05, 4.69) is 15.9 Å². The highest BCUT2D eigenvalue weighted by Crippen LogP contribution is 2.56. The average molecular weight is 423 g/mol. The van der Waals surface area contributed by atoms with Crippen molar-refractivity contribution in [3.05, 3.63) is 34.3 Å². The van der Waals surface area contributed by atoms with Gasteiger partial charge in [-0.1, -0.05) is 47.3 Å². The molecule has 7 atom stereocenters. The minimum atomic E-state index is -0.705. The Labute approximate surface area is 163 Å². The second kappa shape index (κ2) is 7.61. The lowest BCUT2D eigenvalue weighted by atomic mass is 9.54. The van der Waals surface area contributed by atoms with Crippen molar-refractivity contribution in [2.24, 2.45) is 29.6 Å². The van der Waals surface area contributed by atoms with Crippen LogP contribution in [-0.2, 0) is 14.3 Å². The van der Waals surface area contributed by atoms with Gasteiger partial charge >= 0.3 is 5.97 Å². The Morgan fingerprint density at radius 3 is 2.62 bits per heavy atom. The molecule has 3 aliphatic rings. The maximum Gasteiger partial charge on any atom is 0.311 e. The maximum atomic E-state index is 12.4. The fourth-order valence-electron chi connectivity index (χ4n) is 5.98. The molecular weight excluding hydrogens is 396 g/mol. The number of methoxy groups -OCH3 is 1. The van der Waals surface area contributed by atoms with Crippen LogP contribution in [-0.4, -0.2) is 31.1 Å². The fraction of sp³-hybridized carbons (Fsp3) is 0.667. The van der Waals surface area contributed by atoms with Gasteiger partial charge in [0.25, 0.3) is 0 Å². The summed E-state index contributed by atoms with van der Waals surface area (Å²) in [6.07, 6.45) is 5.79. The van der Waals surface area contributed by atoms with Crippen molar-refractivity contribution in [1.82, 2.24) is 0 Å². The molecule has 0 aromatic heterocycles. The van der Waals surface area contributed by atoms with Crippen LogP contribution in [0.4, 0.5) is 0 Å². The minimum Gasteiger partial charge on any atom is -0.481 e. The zero-order chi connectivity index (χ0) is 18.3. The van der Waals surface area contributed by atoms with E-state index in [1.807, 2.05) is 24.3 Å². The molecule has 2 saturated carbocycles. The largest absolute Gasteiger partial charge is 0.481 e. The molecule has 1 aromatic carbocycles. The lowest BCUT2D eigenvalue weighted by Crippen LogP contribution is -2.46. The van der Waals surface area contributed by atoms with Gasteiger partial charge in [0.15, 0.2) is 6.29 Å². The molecule has 1 aliphatic heterocycles. The molecule has 4 nitrogen and oxygen atoms in total. The molecule has 0 spiro atoms. The lowest BCUT2D eigenvalue weighted by molar-refractivity contribution is -0.145. The number of carboxylic acids is 1. The first kappa shape index (κ1) is 18.5. The number of aliphatic carboxylic acids is 1. The van der Waals surface area contributed by atoms with E-state index in [1.165, 1.54) is 19.3 Å². The van der Waals surface area contributed by atoms with Crippen molar-refractivity contribution < 1.29 is 19.4 Å². The summed E-state index contributed by atoms with van der Waals surface area (Å²) in [4.78, 5) is 12.4. The van der Waals surface area contributed by atoms with Crippen LogP contribution in [0.3, 0.4) is 0 Å². The molecule has 0 amide bonds. The van der Waals surface area contributed by atoms with Gasteiger partial charge in [0.05, 0.1) is 12.5 Å². The van der Waals surface area contributed by atoms with E-state index in [-0.39, 0.29) is 18.1 Å². The van der Waals surface area contributed by atoms with Gasteiger partial charge in [-0.3, -0.25) is 4.79 Å². The Morgan fingerprint density at radius 2 is 1.92 bits per heavy atom. The molecule has 1 saturated heterocycles. The van der Waals surface area contributed by atoms with Gasteiger partial charge in [-0.05, 0) is 54.2 Å². The number of carboxylic acid groups (broad SMARTS) is 1. The number of hydrogen-bond acceptors (Lipinski definition) is 3. The second-order valence-electron chi connectivity index (χ2n) is 8.15. The summed E-state index contributed by atoms with van der Waals surface area (Å²) in [5.41, 5.74) is 0.913. The highest BCUT2D eigenvalue weighted by molar-refractivity contribution is 9.10. The topological polar surface area (TPSA) is 55.8 Å². The molecule has 5 heteroatoms. The molecule has 7 unspecified atom stereocenters. The summed E-state index contributed by atoms with van der Waals surface area (Å²) in [7, 11) is 1.71. The predicted octanol–water partition coefficient (Wildman–Crippen LogP) is 4.68. The van der Waals surface area contributed by atoms with Gasteiger partial charge in [-0.25, -0.2) is 0 Å². The molecule has 0 bridgehead atoms. The third-order valence-electron chi connectivity index (χ3n) is 7.00. The van der Waals surface area contributed by atoms with E-state index in [0.717, 1.165) is 22.9 Å². The quantitative estimate of drug-likeness (QED) is 0.764. The van der Waals surface area contributed by atoms with Crippen molar-refractivity contribution in [3.8, 4) is 0 Å². The first-order valence-corrected chi connectivity index (χ1v) is 10.5.